The zero-order valence-electron chi connectivity index (χ0n) is 16.7. The SMILES string of the molecule is COC(=O)c1ccc(C(=O)OC)c(NC(=O)CCNS(=O)(=O)c2ccc(C)cc2)c1. The van der Waals surface area contributed by atoms with Gasteiger partial charge < -0.3 is 14.8 Å². The number of esters is 2. The fourth-order valence-corrected chi connectivity index (χ4v) is 3.52. The number of nitrogens with one attached hydrogen (secondary N) is 2. The lowest BCUT2D eigenvalue weighted by molar-refractivity contribution is -0.116. The molecule has 0 atom stereocenters. The highest BCUT2D eigenvalue weighted by Gasteiger charge is 2.18. The Balaban J connectivity index is 2.07. The van der Waals surface area contributed by atoms with Crippen LogP contribution in [-0.2, 0) is 24.3 Å². The Hall–Kier alpha value is -3.24. The van der Waals surface area contributed by atoms with E-state index >= 15 is 0 Å². The zero-order chi connectivity index (χ0) is 22.3. The van der Waals surface area contributed by atoms with Crippen LogP contribution in [0.3, 0.4) is 0 Å². The average molecular weight is 434 g/mol. The van der Waals surface area contributed by atoms with Crippen molar-refractivity contribution >= 4 is 33.6 Å². The summed E-state index contributed by atoms with van der Waals surface area (Å²) < 4.78 is 36.2. The van der Waals surface area contributed by atoms with Crippen molar-refractivity contribution in [3.05, 3.63) is 59.2 Å². The molecule has 2 aromatic rings. The molecule has 0 bridgehead atoms. The first kappa shape index (κ1) is 23.0. The van der Waals surface area contributed by atoms with E-state index < -0.39 is 27.9 Å². The van der Waals surface area contributed by atoms with Crippen molar-refractivity contribution in [2.24, 2.45) is 0 Å². The Morgan fingerprint density at radius 2 is 1.57 bits per heavy atom. The second-order valence-corrected chi connectivity index (χ2v) is 8.02. The van der Waals surface area contributed by atoms with Crippen LogP contribution < -0.4 is 10.0 Å². The van der Waals surface area contributed by atoms with Gasteiger partial charge in [-0.05, 0) is 37.3 Å². The lowest BCUT2D eigenvalue weighted by Crippen LogP contribution is -2.28. The normalized spacial score (nSPS) is 10.9. The average Bonchev–Trinajstić information content (AvgIpc) is 2.72. The molecule has 10 heteroatoms. The van der Waals surface area contributed by atoms with E-state index in [4.69, 9.17) is 0 Å². The number of anilines is 1. The highest BCUT2D eigenvalue weighted by atomic mass is 32.2. The monoisotopic (exact) mass is 434 g/mol. The number of amides is 1. The molecule has 9 nitrogen and oxygen atoms in total. The molecule has 0 spiro atoms. The van der Waals surface area contributed by atoms with Crippen molar-refractivity contribution < 1.29 is 32.3 Å². The first-order valence-electron chi connectivity index (χ1n) is 8.85. The van der Waals surface area contributed by atoms with Gasteiger partial charge in [0.05, 0.1) is 35.9 Å². The number of carbonyl (C=O) groups excluding carboxylic acids is 3. The fraction of sp³-hybridized carbons (Fsp3) is 0.250. The standard InChI is InChI=1S/C20H22N2O7S/c1-13-4-7-15(8-5-13)30(26,27)21-11-10-18(23)22-17-12-14(19(24)28-2)6-9-16(17)20(25)29-3/h4-9,12,21H,10-11H2,1-3H3,(H,22,23). The van der Waals surface area contributed by atoms with Gasteiger partial charge in [-0.2, -0.15) is 0 Å². The highest BCUT2D eigenvalue weighted by molar-refractivity contribution is 7.89. The van der Waals surface area contributed by atoms with Crippen LogP contribution in [0.1, 0.15) is 32.7 Å². The van der Waals surface area contributed by atoms with E-state index in [9.17, 15) is 22.8 Å². The summed E-state index contributed by atoms with van der Waals surface area (Å²) in [7, 11) is -1.37. The summed E-state index contributed by atoms with van der Waals surface area (Å²) in [5.41, 5.74) is 1.14. The molecule has 0 aliphatic carbocycles. The number of ether oxygens (including phenoxy) is 2. The maximum Gasteiger partial charge on any atom is 0.339 e. The Morgan fingerprint density at radius 1 is 0.933 bits per heavy atom. The number of benzene rings is 2. The molecule has 1 amide bonds. The number of aryl methyl sites for hydroxylation is 1. The van der Waals surface area contributed by atoms with Gasteiger partial charge in [0.1, 0.15) is 0 Å². The third-order valence-electron chi connectivity index (χ3n) is 4.10. The van der Waals surface area contributed by atoms with E-state index in [0.717, 1.165) is 5.56 Å². The third kappa shape index (κ3) is 5.88. The fourth-order valence-electron chi connectivity index (χ4n) is 2.49. The molecule has 2 aromatic carbocycles. The van der Waals surface area contributed by atoms with Crippen LogP contribution >= 0.6 is 0 Å². The number of methoxy groups -OCH3 is 2. The third-order valence-corrected chi connectivity index (χ3v) is 5.57. The summed E-state index contributed by atoms with van der Waals surface area (Å²) in [5, 5.41) is 2.50. The van der Waals surface area contributed by atoms with Gasteiger partial charge in [-0.3, -0.25) is 4.79 Å². The van der Waals surface area contributed by atoms with E-state index in [1.165, 1.54) is 44.6 Å². The first-order valence-corrected chi connectivity index (χ1v) is 10.3. The van der Waals surface area contributed by atoms with Gasteiger partial charge >= 0.3 is 11.9 Å². The lowest BCUT2D eigenvalue weighted by Gasteiger charge is -2.12. The number of hydrogen-bond donors (Lipinski definition) is 2. The van der Waals surface area contributed by atoms with Gasteiger partial charge in [0.2, 0.25) is 15.9 Å². The molecule has 0 aromatic heterocycles. The van der Waals surface area contributed by atoms with Gasteiger partial charge in [-0.25, -0.2) is 22.7 Å². The van der Waals surface area contributed by atoms with Crippen molar-refractivity contribution in [1.82, 2.24) is 4.72 Å². The molecular weight excluding hydrogens is 412 g/mol. The smallest absolute Gasteiger partial charge is 0.339 e. The molecule has 30 heavy (non-hydrogen) atoms. The van der Waals surface area contributed by atoms with Crippen molar-refractivity contribution in [2.45, 2.75) is 18.2 Å². The van der Waals surface area contributed by atoms with Gasteiger partial charge in [0.25, 0.3) is 0 Å². The van der Waals surface area contributed by atoms with Crippen molar-refractivity contribution in [3.63, 3.8) is 0 Å². The summed E-state index contributed by atoms with van der Waals surface area (Å²) in [4.78, 5) is 36.0. The van der Waals surface area contributed by atoms with E-state index in [0.29, 0.717) is 0 Å². The Morgan fingerprint density at radius 3 is 2.17 bits per heavy atom. The van der Waals surface area contributed by atoms with Gasteiger partial charge in [-0.15, -0.1) is 0 Å². The van der Waals surface area contributed by atoms with E-state index in [1.54, 1.807) is 12.1 Å². The number of rotatable bonds is 8. The van der Waals surface area contributed by atoms with Gasteiger partial charge in [-0.1, -0.05) is 17.7 Å². The zero-order valence-corrected chi connectivity index (χ0v) is 17.5. The summed E-state index contributed by atoms with van der Waals surface area (Å²) in [5.74, 6) is -1.91. The van der Waals surface area contributed by atoms with Gasteiger partial charge in [0.15, 0.2) is 0 Å². The minimum absolute atomic E-state index is 0.0405. The van der Waals surface area contributed by atoms with Crippen molar-refractivity contribution in [1.29, 1.82) is 0 Å². The molecule has 0 saturated heterocycles. The molecule has 2 rings (SSSR count). The summed E-state index contributed by atoms with van der Waals surface area (Å²) in [6.45, 7) is 1.68. The van der Waals surface area contributed by atoms with Crippen LogP contribution in [0.25, 0.3) is 0 Å². The Kier molecular flexibility index (Phi) is 7.67. The molecule has 0 fully saturated rings. The summed E-state index contributed by atoms with van der Waals surface area (Å²) in [6, 6.07) is 10.3. The molecule has 0 heterocycles. The molecular formula is C20H22N2O7S. The van der Waals surface area contributed by atoms with Gasteiger partial charge in [0, 0.05) is 13.0 Å². The summed E-state index contributed by atoms with van der Waals surface area (Å²) in [6.07, 6.45) is -0.200. The topological polar surface area (TPSA) is 128 Å². The number of sulfonamides is 1. The molecule has 160 valence electrons. The van der Waals surface area contributed by atoms with Crippen LogP contribution in [0.15, 0.2) is 47.4 Å². The van der Waals surface area contributed by atoms with Crippen LogP contribution in [0, 0.1) is 6.92 Å². The van der Waals surface area contributed by atoms with Crippen LogP contribution in [0.4, 0.5) is 5.69 Å². The van der Waals surface area contributed by atoms with E-state index in [1.807, 2.05) is 6.92 Å². The van der Waals surface area contributed by atoms with Crippen molar-refractivity contribution in [3.8, 4) is 0 Å². The number of hydrogen-bond acceptors (Lipinski definition) is 7. The Labute approximate surface area is 174 Å². The van der Waals surface area contributed by atoms with Crippen LogP contribution in [0.5, 0.6) is 0 Å². The second-order valence-electron chi connectivity index (χ2n) is 6.25. The Bertz CT molecular complexity index is 1050. The van der Waals surface area contributed by atoms with Crippen LogP contribution in [-0.4, -0.2) is 47.0 Å². The maximum atomic E-state index is 12.3. The maximum absolute atomic E-state index is 12.3. The molecule has 0 saturated carbocycles. The highest BCUT2D eigenvalue weighted by Crippen LogP contribution is 2.20. The molecule has 0 unspecified atom stereocenters. The minimum Gasteiger partial charge on any atom is -0.465 e. The predicted molar refractivity (Wildman–Crippen MR) is 109 cm³/mol. The lowest BCUT2D eigenvalue weighted by atomic mass is 10.1. The second kappa shape index (κ2) is 9.99. The summed E-state index contributed by atoms with van der Waals surface area (Å²) >= 11 is 0. The van der Waals surface area contributed by atoms with Crippen LogP contribution in [0.2, 0.25) is 0 Å². The molecule has 0 aliphatic heterocycles. The predicted octanol–water partition coefficient (Wildman–Crippen LogP) is 1.88. The largest absolute Gasteiger partial charge is 0.465 e. The molecule has 0 aliphatic rings. The number of carbonyl (C=O) groups is 3. The minimum atomic E-state index is -3.76. The molecule has 2 N–H and O–H groups in total. The first-order chi connectivity index (χ1) is 14.2. The van der Waals surface area contributed by atoms with Crippen molar-refractivity contribution in [2.75, 3.05) is 26.1 Å². The quantitative estimate of drug-likeness (QED) is 0.607. The molecule has 0 radical (unpaired) electrons. The van der Waals surface area contributed by atoms with E-state index in [-0.39, 0.29) is 34.7 Å². The van der Waals surface area contributed by atoms with E-state index in [2.05, 4.69) is 19.5 Å².